The van der Waals surface area contributed by atoms with E-state index in [2.05, 4.69) is 21.8 Å². The van der Waals surface area contributed by atoms with Crippen molar-refractivity contribution in [1.82, 2.24) is 9.97 Å². The number of nitrogen functional groups attached to an aromatic ring is 1. The van der Waals surface area contributed by atoms with Crippen LogP contribution in [0.15, 0.2) is 18.3 Å². The number of nitrogens with two attached hydrogens (primary N) is 2. The first-order chi connectivity index (χ1) is 12.9. The zero-order valence-electron chi connectivity index (χ0n) is 16.3. The SMILES string of the molecule is COc1cc(-c2ncc(N3CCC(C)(N)CC3)nc2N)cc(OC)c1OC. The molecular weight excluding hydrogens is 346 g/mol. The van der Waals surface area contributed by atoms with E-state index in [9.17, 15) is 0 Å². The maximum Gasteiger partial charge on any atom is 0.203 e. The van der Waals surface area contributed by atoms with Gasteiger partial charge < -0.3 is 30.6 Å². The summed E-state index contributed by atoms with van der Waals surface area (Å²) in [6.45, 7) is 3.76. The normalized spacial score (nSPS) is 16.1. The summed E-state index contributed by atoms with van der Waals surface area (Å²) in [7, 11) is 4.70. The lowest BCUT2D eigenvalue weighted by atomic mass is 9.91. The first-order valence-corrected chi connectivity index (χ1v) is 8.85. The molecule has 0 amide bonds. The van der Waals surface area contributed by atoms with Gasteiger partial charge in [0.1, 0.15) is 11.5 Å². The van der Waals surface area contributed by atoms with Crippen molar-refractivity contribution in [2.45, 2.75) is 25.3 Å². The smallest absolute Gasteiger partial charge is 0.203 e. The van der Waals surface area contributed by atoms with E-state index in [1.165, 1.54) is 0 Å². The van der Waals surface area contributed by atoms with Gasteiger partial charge >= 0.3 is 0 Å². The van der Waals surface area contributed by atoms with E-state index in [-0.39, 0.29) is 5.54 Å². The molecule has 0 saturated carbocycles. The summed E-state index contributed by atoms with van der Waals surface area (Å²) in [4.78, 5) is 11.3. The van der Waals surface area contributed by atoms with Crippen LogP contribution >= 0.6 is 0 Å². The molecule has 27 heavy (non-hydrogen) atoms. The van der Waals surface area contributed by atoms with Gasteiger partial charge in [-0.05, 0) is 31.9 Å². The van der Waals surface area contributed by atoms with Crippen molar-refractivity contribution >= 4 is 11.6 Å². The number of hydrogen-bond donors (Lipinski definition) is 2. The molecule has 0 atom stereocenters. The molecule has 2 heterocycles. The quantitative estimate of drug-likeness (QED) is 0.820. The van der Waals surface area contributed by atoms with Crippen molar-refractivity contribution in [3.05, 3.63) is 18.3 Å². The second-order valence-electron chi connectivity index (χ2n) is 7.02. The summed E-state index contributed by atoms with van der Waals surface area (Å²) in [5.74, 6) is 2.71. The fourth-order valence-corrected chi connectivity index (χ4v) is 3.23. The number of benzene rings is 1. The molecule has 3 rings (SSSR count). The predicted octanol–water partition coefficient (Wildman–Crippen LogP) is 2.07. The highest BCUT2D eigenvalue weighted by Crippen LogP contribution is 2.41. The first-order valence-electron chi connectivity index (χ1n) is 8.85. The molecule has 146 valence electrons. The molecule has 2 aromatic rings. The highest BCUT2D eigenvalue weighted by Gasteiger charge is 2.27. The molecule has 1 fully saturated rings. The topological polar surface area (TPSA) is 109 Å². The average Bonchev–Trinajstić information content (AvgIpc) is 2.66. The van der Waals surface area contributed by atoms with Crippen LogP contribution in [0.3, 0.4) is 0 Å². The summed E-state index contributed by atoms with van der Waals surface area (Å²) in [6, 6.07) is 3.62. The monoisotopic (exact) mass is 373 g/mol. The van der Waals surface area contributed by atoms with Gasteiger partial charge in [0.25, 0.3) is 0 Å². The van der Waals surface area contributed by atoms with Crippen LogP contribution < -0.4 is 30.6 Å². The van der Waals surface area contributed by atoms with Crippen molar-refractivity contribution in [2.75, 3.05) is 45.1 Å². The molecule has 0 radical (unpaired) electrons. The van der Waals surface area contributed by atoms with E-state index >= 15 is 0 Å². The van der Waals surface area contributed by atoms with Crippen LogP contribution in [-0.2, 0) is 0 Å². The number of rotatable bonds is 5. The zero-order valence-corrected chi connectivity index (χ0v) is 16.3. The molecule has 0 aliphatic carbocycles. The Bertz CT molecular complexity index is 790. The van der Waals surface area contributed by atoms with E-state index < -0.39 is 0 Å². The summed E-state index contributed by atoms with van der Waals surface area (Å²) in [5, 5.41) is 0. The Balaban J connectivity index is 1.92. The minimum absolute atomic E-state index is 0.119. The largest absolute Gasteiger partial charge is 0.493 e. The standard InChI is InChI=1S/C19H27N5O3/c1-19(21)5-7-24(8-6-19)15-11-22-16(18(20)23-15)12-9-13(25-2)17(27-4)14(10-12)26-3/h9-11H,5-8,21H2,1-4H3,(H2,20,23). The van der Waals surface area contributed by atoms with Gasteiger partial charge in [0.05, 0.1) is 27.5 Å². The fourth-order valence-electron chi connectivity index (χ4n) is 3.23. The van der Waals surface area contributed by atoms with Gasteiger partial charge in [0.2, 0.25) is 5.75 Å². The van der Waals surface area contributed by atoms with E-state index in [0.717, 1.165) is 37.3 Å². The lowest BCUT2D eigenvalue weighted by Crippen LogP contribution is -2.48. The van der Waals surface area contributed by atoms with Crippen LogP contribution in [0.2, 0.25) is 0 Å². The number of ether oxygens (including phenoxy) is 3. The molecule has 0 spiro atoms. The van der Waals surface area contributed by atoms with Crippen molar-refractivity contribution < 1.29 is 14.2 Å². The Morgan fingerprint density at radius 1 is 1.04 bits per heavy atom. The van der Waals surface area contributed by atoms with Crippen LogP contribution in [0.25, 0.3) is 11.3 Å². The molecule has 8 heteroatoms. The fraction of sp³-hybridized carbons (Fsp3) is 0.474. The second kappa shape index (κ2) is 7.48. The second-order valence-corrected chi connectivity index (χ2v) is 7.02. The first kappa shape index (κ1) is 19.0. The number of piperidine rings is 1. The number of aromatic nitrogens is 2. The van der Waals surface area contributed by atoms with Crippen LogP contribution in [0.5, 0.6) is 17.2 Å². The Kier molecular flexibility index (Phi) is 5.27. The molecular formula is C19H27N5O3. The molecule has 1 aliphatic heterocycles. The molecule has 8 nitrogen and oxygen atoms in total. The van der Waals surface area contributed by atoms with Gasteiger partial charge in [-0.15, -0.1) is 0 Å². The maximum absolute atomic E-state index is 6.23. The Hall–Kier alpha value is -2.74. The summed E-state index contributed by atoms with van der Waals surface area (Å²) in [6.07, 6.45) is 3.56. The third-order valence-corrected chi connectivity index (χ3v) is 4.95. The lowest BCUT2D eigenvalue weighted by Gasteiger charge is -2.37. The predicted molar refractivity (Wildman–Crippen MR) is 106 cm³/mol. The summed E-state index contributed by atoms with van der Waals surface area (Å²) >= 11 is 0. The van der Waals surface area contributed by atoms with Crippen LogP contribution in [0.1, 0.15) is 19.8 Å². The van der Waals surface area contributed by atoms with Crippen LogP contribution in [-0.4, -0.2) is 49.9 Å². The summed E-state index contributed by atoms with van der Waals surface area (Å²) in [5.41, 5.74) is 13.6. The van der Waals surface area contributed by atoms with Gasteiger partial charge in [-0.25, -0.2) is 9.97 Å². The van der Waals surface area contributed by atoms with Gasteiger partial charge in [0.15, 0.2) is 17.3 Å². The van der Waals surface area contributed by atoms with E-state index in [1.807, 2.05) is 12.1 Å². The number of anilines is 2. The minimum Gasteiger partial charge on any atom is -0.493 e. The zero-order chi connectivity index (χ0) is 19.6. The van der Waals surface area contributed by atoms with Crippen molar-refractivity contribution in [1.29, 1.82) is 0 Å². The highest BCUT2D eigenvalue weighted by molar-refractivity contribution is 5.75. The van der Waals surface area contributed by atoms with E-state index in [4.69, 9.17) is 25.7 Å². The van der Waals surface area contributed by atoms with Crippen LogP contribution in [0, 0.1) is 0 Å². The van der Waals surface area contributed by atoms with Gasteiger partial charge in [-0.2, -0.15) is 0 Å². The molecule has 4 N–H and O–H groups in total. The molecule has 1 aromatic carbocycles. The van der Waals surface area contributed by atoms with Gasteiger partial charge in [0, 0.05) is 24.2 Å². The average molecular weight is 373 g/mol. The number of methoxy groups -OCH3 is 3. The lowest BCUT2D eigenvalue weighted by molar-refractivity contribution is 0.324. The molecule has 1 aliphatic rings. The minimum atomic E-state index is -0.119. The molecule has 0 unspecified atom stereocenters. The Labute approximate surface area is 159 Å². The Morgan fingerprint density at radius 2 is 1.63 bits per heavy atom. The van der Waals surface area contributed by atoms with Crippen molar-refractivity contribution in [3.8, 4) is 28.5 Å². The molecule has 0 bridgehead atoms. The molecule has 1 aromatic heterocycles. The number of nitrogens with zero attached hydrogens (tertiary/aromatic N) is 3. The van der Waals surface area contributed by atoms with Gasteiger partial charge in [-0.1, -0.05) is 0 Å². The third-order valence-electron chi connectivity index (χ3n) is 4.95. The van der Waals surface area contributed by atoms with E-state index in [1.54, 1.807) is 27.5 Å². The third kappa shape index (κ3) is 3.85. The maximum atomic E-state index is 6.23. The van der Waals surface area contributed by atoms with E-state index in [0.29, 0.717) is 28.8 Å². The number of hydrogen-bond acceptors (Lipinski definition) is 8. The summed E-state index contributed by atoms with van der Waals surface area (Å²) < 4.78 is 16.2. The van der Waals surface area contributed by atoms with Crippen molar-refractivity contribution in [2.24, 2.45) is 5.73 Å². The molecule has 1 saturated heterocycles. The van der Waals surface area contributed by atoms with Gasteiger partial charge in [-0.3, -0.25) is 0 Å². The Morgan fingerprint density at radius 3 is 2.11 bits per heavy atom. The van der Waals surface area contributed by atoms with Crippen molar-refractivity contribution in [3.63, 3.8) is 0 Å². The van der Waals surface area contributed by atoms with Crippen LogP contribution in [0.4, 0.5) is 11.6 Å². The highest BCUT2D eigenvalue weighted by atomic mass is 16.5.